The maximum atomic E-state index is 5.83. The molecule has 0 aliphatic heterocycles. The van der Waals surface area contributed by atoms with Crippen molar-refractivity contribution in [2.45, 2.75) is 26.5 Å². The molecule has 0 saturated carbocycles. The number of hydrogen-bond acceptors (Lipinski definition) is 3. The minimum atomic E-state index is 0.466. The molecule has 0 atom stereocenters. The Morgan fingerprint density at radius 1 is 1.30 bits per heavy atom. The van der Waals surface area contributed by atoms with Crippen molar-refractivity contribution in [1.29, 1.82) is 0 Å². The zero-order valence-corrected chi connectivity index (χ0v) is 12.4. The quantitative estimate of drug-likeness (QED) is 0.410. The number of nitrogens with zero attached hydrogens (tertiary/aromatic N) is 1. The topological polar surface area (TPSA) is 68.9 Å². The van der Waals surface area contributed by atoms with Gasteiger partial charge in [0, 0.05) is 26.9 Å². The highest BCUT2D eigenvalue weighted by atomic mass is 16.5. The summed E-state index contributed by atoms with van der Waals surface area (Å²) in [4.78, 5) is 4.34. The average molecular weight is 279 g/mol. The van der Waals surface area contributed by atoms with Crippen LogP contribution in [0.2, 0.25) is 0 Å². The predicted molar refractivity (Wildman–Crippen MR) is 81.6 cm³/mol. The van der Waals surface area contributed by atoms with Crippen molar-refractivity contribution in [3.63, 3.8) is 0 Å². The van der Waals surface area contributed by atoms with Gasteiger partial charge in [-0.3, -0.25) is 0 Å². The van der Waals surface area contributed by atoms with E-state index in [9.17, 15) is 0 Å². The average Bonchev–Trinajstić information content (AvgIpc) is 2.46. The molecular formula is C15H25N3O2. The van der Waals surface area contributed by atoms with Crippen LogP contribution in [-0.2, 0) is 22.6 Å². The Labute approximate surface area is 121 Å². The zero-order chi connectivity index (χ0) is 14.6. The van der Waals surface area contributed by atoms with Crippen LogP contribution in [0.25, 0.3) is 0 Å². The van der Waals surface area contributed by atoms with E-state index >= 15 is 0 Å². The maximum absolute atomic E-state index is 5.83. The second-order valence-corrected chi connectivity index (χ2v) is 4.38. The Morgan fingerprint density at radius 2 is 2.05 bits per heavy atom. The molecule has 1 rings (SSSR count). The second-order valence-electron chi connectivity index (χ2n) is 4.38. The van der Waals surface area contributed by atoms with E-state index in [4.69, 9.17) is 15.2 Å². The highest BCUT2D eigenvalue weighted by Crippen LogP contribution is 2.10. The number of methoxy groups -OCH3 is 1. The standard InChI is InChI=1S/C15H25N3O2/c1-3-20-10-6-9-17-15(16)18-11-13-7-4-5-8-14(13)12-19-2/h4-5,7-8H,3,6,9-12H2,1-2H3,(H3,16,17,18). The van der Waals surface area contributed by atoms with E-state index in [0.29, 0.717) is 19.1 Å². The molecule has 0 spiro atoms. The minimum absolute atomic E-state index is 0.466. The molecule has 20 heavy (non-hydrogen) atoms. The van der Waals surface area contributed by atoms with Gasteiger partial charge in [0.25, 0.3) is 0 Å². The highest BCUT2D eigenvalue weighted by Gasteiger charge is 2.00. The molecule has 0 aromatic heterocycles. The van der Waals surface area contributed by atoms with Crippen LogP contribution in [0.15, 0.2) is 29.3 Å². The van der Waals surface area contributed by atoms with E-state index < -0.39 is 0 Å². The van der Waals surface area contributed by atoms with Crippen molar-refractivity contribution in [3.8, 4) is 0 Å². The summed E-state index contributed by atoms with van der Waals surface area (Å²) in [5.74, 6) is 0.466. The van der Waals surface area contributed by atoms with Gasteiger partial charge < -0.3 is 20.5 Å². The molecule has 0 aliphatic rings. The largest absolute Gasteiger partial charge is 0.382 e. The van der Waals surface area contributed by atoms with E-state index in [0.717, 1.165) is 37.3 Å². The summed E-state index contributed by atoms with van der Waals surface area (Å²) in [5, 5.41) is 3.08. The molecule has 0 fully saturated rings. The van der Waals surface area contributed by atoms with Gasteiger partial charge in [0.15, 0.2) is 5.96 Å². The lowest BCUT2D eigenvalue weighted by Gasteiger charge is -2.08. The van der Waals surface area contributed by atoms with Crippen LogP contribution in [-0.4, -0.2) is 32.8 Å². The summed E-state index contributed by atoms with van der Waals surface area (Å²) < 4.78 is 10.4. The number of ether oxygens (including phenoxy) is 2. The van der Waals surface area contributed by atoms with E-state index in [2.05, 4.69) is 10.3 Å². The van der Waals surface area contributed by atoms with Crippen LogP contribution >= 0.6 is 0 Å². The van der Waals surface area contributed by atoms with Gasteiger partial charge in [0.05, 0.1) is 13.2 Å². The number of hydrogen-bond donors (Lipinski definition) is 2. The first-order valence-corrected chi connectivity index (χ1v) is 6.95. The summed E-state index contributed by atoms with van der Waals surface area (Å²) >= 11 is 0. The van der Waals surface area contributed by atoms with Gasteiger partial charge in [-0.2, -0.15) is 0 Å². The molecule has 3 N–H and O–H groups in total. The number of benzene rings is 1. The minimum Gasteiger partial charge on any atom is -0.382 e. The Bertz CT molecular complexity index is 408. The van der Waals surface area contributed by atoms with E-state index in [-0.39, 0.29) is 0 Å². The van der Waals surface area contributed by atoms with Crippen LogP contribution < -0.4 is 11.1 Å². The van der Waals surface area contributed by atoms with Crippen molar-refractivity contribution < 1.29 is 9.47 Å². The summed E-state index contributed by atoms with van der Waals surface area (Å²) in [6.07, 6.45) is 0.921. The molecule has 0 radical (unpaired) electrons. The van der Waals surface area contributed by atoms with Crippen molar-refractivity contribution in [2.75, 3.05) is 26.9 Å². The van der Waals surface area contributed by atoms with Gasteiger partial charge in [-0.05, 0) is 24.5 Å². The Kier molecular flexibility index (Phi) is 8.42. The smallest absolute Gasteiger partial charge is 0.188 e. The molecule has 0 aliphatic carbocycles. The van der Waals surface area contributed by atoms with E-state index in [1.54, 1.807) is 7.11 Å². The SMILES string of the molecule is CCOCCCNC(N)=NCc1ccccc1COC. The van der Waals surface area contributed by atoms with Crippen molar-refractivity contribution in [2.24, 2.45) is 10.7 Å². The molecule has 0 saturated heterocycles. The van der Waals surface area contributed by atoms with Crippen LogP contribution in [0.5, 0.6) is 0 Å². The van der Waals surface area contributed by atoms with Gasteiger partial charge in [0.1, 0.15) is 0 Å². The van der Waals surface area contributed by atoms with Crippen molar-refractivity contribution in [3.05, 3.63) is 35.4 Å². The van der Waals surface area contributed by atoms with Gasteiger partial charge in [-0.25, -0.2) is 4.99 Å². The Morgan fingerprint density at radius 3 is 2.75 bits per heavy atom. The molecule has 0 amide bonds. The first-order valence-electron chi connectivity index (χ1n) is 6.95. The van der Waals surface area contributed by atoms with Crippen LogP contribution in [0.3, 0.4) is 0 Å². The number of guanidine groups is 1. The lowest BCUT2D eigenvalue weighted by molar-refractivity contribution is 0.145. The predicted octanol–water partition coefficient (Wildman–Crippen LogP) is 1.66. The molecular weight excluding hydrogens is 254 g/mol. The lowest BCUT2D eigenvalue weighted by Crippen LogP contribution is -2.32. The third-order valence-electron chi connectivity index (χ3n) is 2.81. The lowest BCUT2D eigenvalue weighted by atomic mass is 10.1. The van der Waals surface area contributed by atoms with Gasteiger partial charge in [0.2, 0.25) is 0 Å². The zero-order valence-electron chi connectivity index (χ0n) is 12.4. The molecule has 1 aromatic carbocycles. The summed E-state index contributed by atoms with van der Waals surface area (Å²) in [6, 6.07) is 8.08. The third kappa shape index (κ3) is 6.54. The van der Waals surface area contributed by atoms with Gasteiger partial charge in [-0.1, -0.05) is 24.3 Å². The van der Waals surface area contributed by atoms with Crippen LogP contribution in [0.4, 0.5) is 0 Å². The molecule has 0 heterocycles. The molecule has 5 nitrogen and oxygen atoms in total. The maximum Gasteiger partial charge on any atom is 0.188 e. The van der Waals surface area contributed by atoms with E-state index in [1.807, 2.05) is 31.2 Å². The van der Waals surface area contributed by atoms with Gasteiger partial charge >= 0.3 is 0 Å². The number of nitrogens with one attached hydrogen (secondary N) is 1. The Hall–Kier alpha value is -1.59. The van der Waals surface area contributed by atoms with Crippen molar-refractivity contribution in [1.82, 2.24) is 5.32 Å². The molecule has 5 heteroatoms. The Balaban J connectivity index is 2.38. The van der Waals surface area contributed by atoms with E-state index in [1.165, 1.54) is 0 Å². The monoisotopic (exact) mass is 279 g/mol. The van der Waals surface area contributed by atoms with Crippen LogP contribution in [0.1, 0.15) is 24.5 Å². The summed E-state index contributed by atoms with van der Waals surface area (Å²) in [6.45, 7) is 5.40. The molecule has 0 bridgehead atoms. The summed E-state index contributed by atoms with van der Waals surface area (Å²) in [5.41, 5.74) is 8.10. The number of nitrogens with two attached hydrogens (primary N) is 1. The fraction of sp³-hybridized carbons (Fsp3) is 0.533. The first kappa shape index (κ1) is 16.5. The van der Waals surface area contributed by atoms with Gasteiger partial charge in [-0.15, -0.1) is 0 Å². The molecule has 0 unspecified atom stereocenters. The normalized spacial score (nSPS) is 11.6. The first-order chi connectivity index (χ1) is 9.77. The highest BCUT2D eigenvalue weighted by molar-refractivity contribution is 5.77. The molecule has 1 aromatic rings. The fourth-order valence-electron chi connectivity index (χ4n) is 1.77. The van der Waals surface area contributed by atoms with Crippen LogP contribution in [0, 0.1) is 0 Å². The summed E-state index contributed by atoms with van der Waals surface area (Å²) in [7, 11) is 1.69. The second kappa shape index (κ2) is 10.2. The fourth-order valence-corrected chi connectivity index (χ4v) is 1.77. The van der Waals surface area contributed by atoms with Crippen molar-refractivity contribution >= 4 is 5.96 Å². The number of rotatable bonds is 9. The molecule has 112 valence electrons. The number of aliphatic imine (C=N–C) groups is 1. The third-order valence-corrected chi connectivity index (χ3v) is 2.81.